The summed E-state index contributed by atoms with van der Waals surface area (Å²) in [4.78, 5) is 18.6. The second kappa shape index (κ2) is 8.10. The molecule has 0 bridgehead atoms. The third-order valence-electron chi connectivity index (χ3n) is 3.91. The number of aryl methyl sites for hydroxylation is 1. The number of hydrogen-bond acceptors (Lipinski definition) is 4. The van der Waals surface area contributed by atoms with Gasteiger partial charge in [0.2, 0.25) is 0 Å². The van der Waals surface area contributed by atoms with Gasteiger partial charge in [-0.15, -0.1) is 0 Å². The highest BCUT2D eigenvalue weighted by molar-refractivity contribution is 5.89. The number of morpholine rings is 1. The van der Waals surface area contributed by atoms with E-state index in [0.717, 1.165) is 37.7 Å². The van der Waals surface area contributed by atoms with Gasteiger partial charge in [-0.25, -0.2) is 4.79 Å². The van der Waals surface area contributed by atoms with Gasteiger partial charge in [-0.1, -0.05) is 13.8 Å². The van der Waals surface area contributed by atoms with Crippen LogP contribution < -0.4 is 10.6 Å². The van der Waals surface area contributed by atoms with Crippen molar-refractivity contribution >= 4 is 11.7 Å². The molecular formula is C16H26N4O2. The van der Waals surface area contributed by atoms with E-state index in [1.807, 2.05) is 13.0 Å². The zero-order chi connectivity index (χ0) is 15.9. The first kappa shape index (κ1) is 16.7. The number of nitrogens with zero attached hydrogens (tertiary/aromatic N) is 2. The number of anilines is 1. The molecule has 1 aliphatic rings. The van der Waals surface area contributed by atoms with Crippen LogP contribution in [0.4, 0.5) is 10.5 Å². The molecule has 2 amide bonds. The van der Waals surface area contributed by atoms with Crippen molar-refractivity contribution in [1.82, 2.24) is 15.2 Å². The largest absolute Gasteiger partial charge is 0.379 e. The van der Waals surface area contributed by atoms with Crippen molar-refractivity contribution in [3.8, 4) is 0 Å². The molecule has 1 aromatic heterocycles. The van der Waals surface area contributed by atoms with Crippen LogP contribution in [0.1, 0.15) is 19.5 Å². The molecule has 22 heavy (non-hydrogen) atoms. The van der Waals surface area contributed by atoms with E-state index in [9.17, 15) is 4.79 Å². The number of amides is 2. The van der Waals surface area contributed by atoms with Gasteiger partial charge in [0.25, 0.3) is 0 Å². The van der Waals surface area contributed by atoms with E-state index in [1.165, 1.54) is 0 Å². The van der Waals surface area contributed by atoms with E-state index >= 15 is 0 Å². The highest BCUT2D eigenvalue weighted by Gasteiger charge is 2.24. The second-order valence-corrected chi connectivity index (χ2v) is 5.98. The van der Waals surface area contributed by atoms with Gasteiger partial charge in [0.15, 0.2) is 0 Å². The number of carbonyl (C=O) groups is 1. The van der Waals surface area contributed by atoms with Crippen LogP contribution in [0.3, 0.4) is 0 Å². The van der Waals surface area contributed by atoms with Crippen LogP contribution in [-0.2, 0) is 4.74 Å². The summed E-state index contributed by atoms with van der Waals surface area (Å²) in [6.07, 6.45) is 1.69. The normalized spacial score (nSPS) is 17.3. The Morgan fingerprint density at radius 1 is 1.41 bits per heavy atom. The summed E-state index contributed by atoms with van der Waals surface area (Å²) in [7, 11) is 0. The Bertz CT molecular complexity index is 487. The number of ether oxygens (including phenoxy) is 1. The van der Waals surface area contributed by atoms with Gasteiger partial charge in [0.1, 0.15) is 0 Å². The van der Waals surface area contributed by atoms with Crippen LogP contribution in [-0.4, -0.2) is 54.8 Å². The lowest BCUT2D eigenvalue weighted by atomic mass is 10.0. The van der Waals surface area contributed by atoms with E-state index in [2.05, 4.69) is 34.4 Å². The summed E-state index contributed by atoms with van der Waals surface area (Å²) >= 11 is 0. The van der Waals surface area contributed by atoms with Crippen molar-refractivity contribution < 1.29 is 9.53 Å². The highest BCUT2D eigenvalue weighted by atomic mass is 16.5. The number of rotatable bonds is 5. The second-order valence-electron chi connectivity index (χ2n) is 5.98. The van der Waals surface area contributed by atoms with Crippen LogP contribution in [0.15, 0.2) is 18.3 Å². The fraction of sp³-hybridized carbons (Fsp3) is 0.625. The number of nitrogens with one attached hydrogen (secondary N) is 2. The zero-order valence-electron chi connectivity index (χ0n) is 13.6. The Morgan fingerprint density at radius 3 is 2.77 bits per heavy atom. The van der Waals surface area contributed by atoms with Gasteiger partial charge in [-0.3, -0.25) is 9.88 Å². The molecule has 2 rings (SSSR count). The third kappa shape index (κ3) is 4.96. The van der Waals surface area contributed by atoms with Crippen molar-refractivity contribution in [3.63, 3.8) is 0 Å². The van der Waals surface area contributed by atoms with Gasteiger partial charge >= 0.3 is 6.03 Å². The van der Waals surface area contributed by atoms with Crippen molar-refractivity contribution in [2.45, 2.75) is 26.8 Å². The average molecular weight is 306 g/mol. The molecule has 0 radical (unpaired) electrons. The molecule has 6 nitrogen and oxygen atoms in total. The Morgan fingerprint density at radius 2 is 2.14 bits per heavy atom. The lowest BCUT2D eigenvalue weighted by Crippen LogP contribution is -2.51. The van der Waals surface area contributed by atoms with Crippen molar-refractivity contribution in [3.05, 3.63) is 24.0 Å². The molecular weight excluding hydrogens is 280 g/mol. The summed E-state index contributed by atoms with van der Waals surface area (Å²) < 4.78 is 5.40. The molecule has 1 saturated heterocycles. The quantitative estimate of drug-likeness (QED) is 0.871. The van der Waals surface area contributed by atoms with Crippen LogP contribution in [0.2, 0.25) is 0 Å². The summed E-state index contributed by atoms with van der Waals surface area (Å²) in [5, 5.41) is 5.82. The van der Waals surface area contributed by atoms with Crippen LogP contribution in [0.5, 0.6) is 0 Å². The van der Waals surface area contributed by atoms with E-state index in [1.54, 1.807) is 12.3 Å². The van der Waals surface area contributed by atoms with Crippen LogP contribution >= 0.6 is 0 Å². The molecule has 1 aliphatic heterocycles. The molecule has 6 heteroatoms. The number of urea groups is 1. The Labute approximate surface area is 132 Å². The maximum Gasteiger partial charge on any atom is 0.319 e. The Hall–Kier alpha value is -1.66. The fourth-order valence-electron chi connectivity index (χ4n) is 2.69. The van der Waals surface area contributed by atoms with E-state index in [4.69, 9.17) is 4.74 Å². The molecule has 0 spiro atoms. The Balaban J connectivity index is 1.84. The van der Waals surface area contributed by atoms with Crippen LogP contribution in [0.25, 0.3) is 0 Å². The zero-order valence-corrected chi connectivity index (χ0v) is 13.6. The minimum Gasteiger partial charge on any atom is -0.379 e. The van der Waals surface area contributed by atoms with Crippen LogP contribution in [0, 0.1) is 12.8 Å². The predicted octanol–water partition coefficient (Wildman–Crippen LogP) is 1.87. The van der Waals surface area contributed by atoms with Gasteiger partial charge in [-0.2, -0.15) is 0 Å². The summed E-state index contributed by atoms with van der Waals surface area (Å²) in [5.74, 6) is 0.474. The summed E-state index contributed by atoms with van der Waals surface area (Å²) in [5.41, 5.74) is 1.64. The lowest BCUT2D eigenvalue weighted by Gasteiger charge is -2.36. The van der Waals surface area contributed by atoms with Gasteiger partial charge in [0, 0.05) is 43.3 Å². The fourth-order valence-corrected chi connectivity index (χ4v) is 2.69. The van der Waals surface area contributed by atoms with Gasteiger partial charge in [0.05, 0.1) is 13.2 Å². The first-order valence-corrected chi connectivity index (χ1v) is 7.85. The van der Waals surface area contributed by atoms with Crippen molar-refractivity contribution in [1.29, 1.82) is 0 Å². The predicted molar refractivity (Wildman–Crippen MR) is 87.0 cm³/mol. The van der Waals surface area contributed by atoms with E-state index in [0.29, 0.717) is 18.5 Å². The molecule has 2 N–H and O–H groups in total. The first-order chi connectivity index (χ1) is 10.6. The van der Waals surface area contributed by atoms with E-state index in [-0.39, 0.29) is 6.03 Å². The lowest BCUT2D eigenvalue weighted by molar-refractivity contribution is 0.00728. The third-order valence-corrected chi connectivity index (χ3v) is 3.91. The minimum atomic E-state index is -0.176. The van der Waals surface area contributed by atoms with Gasteiger partial charge in [-0.05, 0) is 25.0 Å². The first-order valence-electron chi connectivity index (χ1n) is 7.85. The number of hydrogen-bond donors (Lipinski definition) is 2. The average Bonchev–Trinajstić information content (AvgIpc) is 2.48. The van der Waals surface area contributed by atoms with Gasteiger partial charge < -0.3 is 15.4 Å². The monoisotopic (exact) mass is 306 g/mol. The minimum absolute atomic E-state index is 0.176. The molecule has 122 valence electrons. The van der Waals surface area contributed by atoms with Crippen molar-refractivity contribution in [2.24, 2.45) is 5.92 Å². The number of aromatic nitrogens is 1. The van der Waals surface area contributed by atoms with E-state index < -0.39 is 0 Å². The molecule has 1 aromatic rings. The number of carbonyl (C=O) groups excluding carboxylic acids is 1. The molecule has 0 unspecified atom stereocenters. The number of pyridine rings is 1. The molecule has 0 aromatic carbocycles. The maximum absolute atomic E-state index is 12.0. The molecule has 0 aliphatic carbocycles. The van der Waals surface area contributed by atoms with Crippen molar-refractivity contribution in [2.75, 3.05) is 38.2 Å². The Kier molecular flexibility index (Phi) is 6.15. The topological polar surface area (TPSA) is 66.5 Å². The molecule has 1 atom stereocenters. The summed E-state index contributed by atoms with van der Waals surface area (Å²) in [6.45, 7) is 10.3. The SMILES string of the molecule is Cc1cc(NC(=O)NC[C@H](C(C)C)N2CCOCC2)ccn1. The standard InChI is InChI=1S/C16H26N4O2/c1-12(2)15(20-6-8-22-9-7-20)11-18-16(21)19-14-4-5-17-13(3)10-14/h4-5,10,12,15H,6-9,11H2,1-3H3,(H2,17,18,19,21)/t15-/m1/s1. The molecule has 0 saturated carbocycles. The maximum atomic E-state index is 12.0. The summed E-state index contributed by atoms with van der Waals surface area (Å²) in [6, 6.07) is 3.79. The molecule has 1 fully saturated rings. The highest BCUT2D eigenvalue weighted by Crippen LogP contribution is 2.12. The smallest absolute Gasteiger partial charge is 0.319 e. The molecule has 2 heterocycles.